The Morgan fingerprint density at radius 3 is 2.45 bits per heavy atom. The summed E-state index contributed by atoms with van der Waals surface area (Å²) in [6.45, 7) is -0.200. The van der Waals surface area contributed by atoms with Crippen LogP contribution < -0.4 is 21.3 Å². The van der Waals surface area contributed by atoms with Crippen molar-refractivity contribution in [1.82, 2.24) is 21.3 Å². The molecule has 0 aliphatic rings. The van der Waals surface area contributed by atoms with Crippen molar-refractivity contribution in [3.63, 3.8) is 0 Å². The third-order valence-electron chi connectivity index (χ3n) is 2.13. The largest absolute Gasteiger partial charge is 0.345 e. The van der Waals surface area contributed by atoms with Crippen molar-refractivity contribution in [2.45, 2.75) is 12.5 Å². The Kier molecular flexibility index (Phi) is 9.25. The minimum absolute atomic E-state index is 0.0191. The van der Waals surface area contributed by atoms with Gasteiger partial charge in [-0.3, -0.25) is 14.4 Å². The van der Waals surface area contributed by atoms with Crippen molar-refractivity contribution < 1.29 is 19.2 Å². The molecule has 0 unspecified atom stereocenters. The molecule has 0 aliphatic heterocycles. The quantitative estimate of drug-likeness (QED) is 0.268. The Labute approximate surface area is 117 Å². The molecule has 0 spiro atoms. The SMILES string of the molecule is C#CCNC(=O)CNC(=O)[C@H](CC=O)NC(=O)CNC. The number of rotatable bonds is 9. The maximum Gasteiger partial charge on any atom is 0.243 e. The van der Waals surface area contributed by atoms with Gasteiger partial charge in [-0.15, -0.1) is 6.42 Å². The van der Waals surface area contributed by atoms with E-state index in [2.05, 4.69) is 27.2 Å². The predicted octanol–water partition coefficient (Wildman–Crippen LogP) is -2.85. The molecule has 0 aromatic heterocycles. The molecule has 0 bridgehead atoms. The number of likely N-dealkylation sites (N-methyl/N-ethyl adjacent to an activating group) is 1. The van der Waals surface area contributed by atoms with E-state index in [1.807, 2.05) is 0 Å². The summed E-state index contributed by atoms with van der Waals surface area (Å²) in [6.07, 6.45) is 5.30. The van der Waals surface area contributed by atoms with Gasteiger partial charge in [0.25, 0.3) is 0 Å². The Morgan fingerprint density at radius 2 is 1.90 bits per heavy atom. The molecule has 0 saturated carbocycles. The van der Waals surface area contributed by atoms with E-state index in [1.54, 1.807) is 7.05 Å². The van der Waals surface area contributed by atoms with Gasteiger partial charge in [-0.05, 0) is 7.05 Å². The van der Waals surface area contributed by atoms with Crippen LogP contribution in [0, 0.1) is 12.3 Å². The van der Waals surface area contributed by atoms with Crippen LogP contribution in [-0.2, 0) is 19.2 Å². The number of carbonyl (C=O) groups is 4. The van der Waals surface area contributed by atoms with Crippen LogP contribution in [0.3, 0.4) is 0 Å². The second-order valence-corrected chi connectivity index (χ2v) is 3.75. The number of terminal acetylenes is 1. The van der Waals surface area contributed by atoms with E-state index in [1.165, 1.54) is 0 Å². The van der Waals surface area contributed by atoms with E-state index >= 15 is 0 Å². The smallest absolute Gasteiger partial charge is 0.243 e. The summed E-state index contributed by atoms with van der Waals surface area (Å²) in [5.74, 6) is 0.720. The number of amides is 3. The molecule has 0 fully saturated rings. The van der Waals surface area contributed by atoms with Crippen molar-refractivity contribution in [3.8, 4) is 12.3 Å². The van der Waals surface area contributed by atoms with Crippen LogP contribution in [-0.4, -0.2) is 56.7 Å². The molecule has 4 N–H and O–H groups in total. The van der Waals surface area contributed by atoms with Gasteiger partial charge in [-0.25, -0.2) is 0 Å². The summed E-state index contributed by atoms with van der Waals surface area (Å²) in [7, 11) is 1.57. The van der Waals surface area contributed by atoms with Crippen LogP contribution in [0.2, 0.25) is 0 Å². The monoisotopic (exact) mass is 282 g/mol. The second-order valence-electron chi connectivity index (χ2n) is 3.75. The molecule has 1 atom stereocenters. The zero-order chi connectivity index (χ0) is 15.4. The van der Waals surface area contributed by atoms with Crippen LogP contribution in [0.25, 0.3) is 0 Å². The molecule has 8 heteroatoms. The summed E-state index contributed by atoms with van der Waals surface area (Å²) < 4.78 is 0. The maximum atomic E-state index is 11.7. The van der Waals surface area contributed by atoms with Gasteiger partial charge in [0.1, 0.15) is 12.3 Å². The molecular formula is C12H18N4O4. The van der Waals surface area contributed by atoms with Gasteiger partial charge in [0.2, 0.25) is 17.7 Å². The molecule has 0 aliphatic carbocycles. The van der Waals surface area contributed by atoms with E-state index in [0.29, 0.717) is 6.29 Å². The molecule has 110 valence electrons. The van der Waals surface area contributed by atoms with Crippen molar-refractivity contribution in [3.05, 3.63) is 0 Å². The molecule has 0 saturated heterocycles. The standard InChI is InChI=1S/C12H18N4O4/c1-3-5-14-10(18)8-15-12(20)9(4-6-17)16-11(19)7-13-2/h1,6,9,13H,4-5,7-8H2,2H3,(H,14,18)(H,15,20)(H,16,19)/t9-/m0/s1. The van der Waals surface area contributed by atoms with Crippen LogP contribution in [0.4, 0.5) is 0 Å². The average Bonchev–Trinajstić information content (AvgIpc) is 2.42. The summed E-state index contributed by atoms with van der Waals surface area (Å²) >= 11 is 0. The van der Waals surface area contributed by atoms with Crippen molar-refractivity contribution >= 4 is 24.0 Å². The lowest BCUT2D eigenvalue weighted by atomic mass is 10.2. The molecule has 0 radical (unpaired) electrons. The van der Waals surface area contributed by atoms with E-state index in [4.69, 9.17) is 6.42 Å². The maximum absolute atomic E-state index is 11.7. The van der Waals surface area contributed by atoms with E-state index in [0.717, 1.165) is 0 Å². The highest BCUT2D eigenvalue weighted by atomic mass is 16.2. The molecule has 0 aromatic rings. The van der Waals surface area contributed by atoms with Crippen LogP contribution in [0.5, 0.6) is 0 Å². The molecule has 0 heterocycles. The zero-order valence-corrected chi connectivity index (χ0v) is 11.2. The summed E-state index contributed by atoms with van der Waals surface area (Å²) in [5, 5.41) is 9.66. The first-order chi connectivity index (χ1) is 9.54. The third kappa shape index (κ3) is 7.84. The van der Waals surface area contributed by atoms with Crippen LogP contribution in [0.15, 0.2) is 0 Å². The minimum atomic E-state index is -1.01. The lowest BCUT2D eigenvalue weighted by Crippen LogP contribution is -2.50. The minimum Gasteiger partial charge on any atom is -0.345 e. The highest BCUT2D eigenvalue weighted by Crippen LogP contribution is 1.89. The summed E-state index contributed by atoms with van der Waals surface area (Å²) in [5.41, 5.74) is 0. The second kappa shape index (κ2) is 10.5. The first-order valence-electron chi connectivity index (χ1n) is 5.90. The Bertz CT molecular complexity index is 403. The van der Waals surface area contributed by atoms with Gasteiger partial charge < -0.3 is 26.1 Å². The fraction of sp³-hybridized carbons (Fsp3) is 0.500. The Morgan fingerprint density at radius 1 is 1.20 bits per heavy atom. The number of hydrogen-bond acceptors (Lipinski definition) is 5. The van der Waals surface area contributed by atoms with E-state index < -0.39 is 23.8 Å². The first-order valence-corrected chi connectivity index (χ1v) is 5.90. The molecule has 8 nitrogen and oxygen atoms in total. The van der Waals surface area contributed by atoms with E-state index in [9.17, 15) is 19.2 Å². The fourth-order valence-corrected chi connectivity index (χ4v) is 1.24. The highest BCUT2D eigenvalue weighted by Gasteiger charge is 2.20. The Balaban J connectivity index is 4.28. The van der Waals surface area contributed by atoms with Crippen molar-refractivity contribution in [1.29, 1.82) is 0 Å². The average molecular weight is 282 g/mol. The fourth-order valence-electron chi connectivity index (χ4n) is 1.24. The molecule has 0 aromatic carbocycles. The van der Waals surface area contributed by atoms with Gasteiger partial charge in [-0.2, -0.15) is 0 Å². The van der Waals surface area contributed by atoms with Crippen LogP contribution in [0.1, 0.15) is 6.42 Å². The molecular weight excluding hydrogens is 264 g/mol. The first kappa shape index (κ1) is 17.6. The topological polar surface area (TPSA) is 116 Å². The molecule has 3 amide bonds. The van der Waals surface area contributed by atoms with Gasteiger partial charge in [0.05, 0.1) is 19.6 Å². The number of nitrogens with one attached hydrogen (secondary N) is 4. The van der Waals surface area contributed by atoms with Gasteiger partial charge >= 0.3 is 0 Å². The molecule has 20 heavy (non-hydrogen) atoms. The lowest BCUT2D eigenvalue weighted by Gasteiger charge is -2.16. The van der Waals surface area contributed by atoms with Gasteiger partial charge in [0.15, 0.2) is 0 Å². The van der Waals surface area contributed by atoms with Gasteiger partial charge in [0, 0.05) is 6.42 Å². The van der Waals surface area contributed by atoms with Crippen molar-refractivity contribution in [2.75, 3.05) is 26.7 Å². The third-order valence-corrected chi connectivity index (χ3v) is 2.13. The van der Waals surface area contributed by atoms with Gasteiger partial charge in [-0.1, -0.05) is 5.92 Å². The molecule has 0 rings (SSSR count). The number of carbonyl (C=O) groups excluding carboxylic acids is 4. The summed E-state index contributed by atoms with van der Waals surface area (Å²) in [6, 6.07) is -1.01. The highest BCUT2D eigenvalue weighted by molar-refractivity contribution is 5.92. The Hall–Kier alpha value is -2.40. The van der Waals surface area contributed by atoms with E-state index in [-0.39, 0.29) is 26.1 Å². The predicted molar refractivity (Wildman–Crippen MR) is 71.4 cm³/mol. The number of hydrogen-bond donors (Lipinski definition) is 4. The van der Waals surface area contributed by atoms with Crippen LogP contribution >= 0.6 is 0 Å². The number of aldehydes is 1. The zero-order valence-electron chi connectivity index (χ0n) is 11.2. The van der Waals surface area contributed by atoms with Crippen molar-refractivity contribution in [2.24, 2.45) is 0 Å². The summed E-state index contributed by atoms with van der Waals surface area (Å²) in [4.78, 5) is 44.8. The lowest BCUT2D eigenvalue weighted by molar-refractivity contribution is -0.130. The normalized spacial score (nSPS) is 10.8.